The maximum absolute atomic E-state index is 12.9. The minimum atomic E-state index is -0.810. The van der Waals surface area contributed by atoms with Crippen molar-refractivity contribution in [2.75, 3.05) is 13.2 Å². The van der Waals surface area contributed by atoms with E-state index in [0.717, 1.165) is 173 Å². The van der Waals surface area contributed by atoms with Crippen LogP contribution in [0.15, 0.2) is 146 Å². The predicted molar refractivity (Wildman–Crippen MR) is 339 cm³/mol. The molecule has 6 nitrogen and oxygen atoms in total. The van der Waals surface area contributed by atoms with Gasteiger partial charge in [-0.05, 0) is 141 Å². The van der Waals surface area contributed by atoms with Gasteiger partial charge in [0, 0.05) is 19.3 Å². The first-order valence-corrected chi connectivity index (χ1v) is 31.8. The normalized spacial score (nSPS) is 13.1. The van der Waals surface area contributed by atoms with Crippen molar-refractivity contribution in [2.24, 2.45) is 0 Å². The van der Waals surface area contributed by atoms with Crippen molar-refractivity contribution in [2.45, 2.75) is 277 Å². The number of ether oxygens (including phenoxy) is 3. The Balaban J connectivity index is 4.46. The Morgan fingerprint density at radius 1 is 0.269 bits per heavy atom. The summed E-state index contributed by atoms with van der Waals surface area (Å²) < 4.78 is 16.9. The quantitative estimate of drug-likeness (QED) is 0.0261. The van der Waals surface area contributed by atoms with Gasteiger partial charge in [-0.3, -0.25) is 14.4 Å². The maximum atomic E-state index is 12.9. The van der Waals surface area contributed by atoms with Gasteiger partial charge in [-0.1, -0.05) is 256 Å². The van der Waals surface area contributed by atoms with Crippen LogP contribution < -0.4 is 0 Å². The molecule has 0 saturated carbocycles. The number of rotatable bonds is 56. The van der Waals surface area contributed by atoms with E-state index in [-0.39, 0.29) is 37.5 Å². The standard InChI is InChI=1S/C72H116O6/c1-4-7-10-13-16-19-22-25-28-31-32-33-34-35-36-37-38-39-40-42-44-47-50-53-56-59-62-65-71(74)77-68-69(67-76-70(73)64-61-58-55-52-49-46-43-30-27-24-21-18-15-12-9-6-3)78-72(75)66-63-60-57-54-51-48-45-41-29-26-23-20-17-14-11-8-5-2/h7-8,10-11,16-17,19-20,25-26,28-30,32-33,35-36,38-39,42-45,48,69H,4-6,9,12-15,18,21-24,27,31,34,37,40-41,46-47,49-68H2,1-3H3/b10-7-,11-8-,19-16-,20-17-,28-25-,29-26-,33-32-,36-35-,39-38-,43-30-,44-42-,48-45-. The van der Waals surface area contributed by atoms with Gasteiger partial charge < -0.3 is 14.2 Å². The van der Waals surface area contributed by atoms with E-state index >= 15 is 0 Å². The van der Waals surface area contributed by atoms with E-state index in [4.69, 9.17) is 14.2 Å². The first kappa shape index (κ1) is 73.3. The minimum Gasteiger partial charge on any atom is -0.462 e. The summed E-state index contributed by atoms with van der Waals surface area (Å²) in [4.78, 5) is 38.3. The minimum absolute atomic E-state index is 0.103. The van der Waals surface area contributed by atoms with Crippen LogP contribution in [0.3, 0.4) is 0 Å². The van der Waals surface area contributed by atoms with Crippen LogP contribution in [0.25, 0.3) is 0 Å². The van der Waals surface area contributed by atoms with Crippen molar-refractivity contribution < 1.29 is 28.6 Å². The lowest BCUT2D eigenvalue weighted by atomic mass is 10.1. The fourth-order valence-electron chi connectivity index (χ4n) is 8.35. The zero-order valence-electron chi connectivity index (χ0n) is 50.4. The largest absolute Gasteiger partial charge is 0.462 e. The third-order valence-electron chi connectivity index (χ3n) is 13.1. The molecule has 78 heavy (non-hydrogen) atoms. The SMILES string of the molecule is CC/C=C\C/C=C\C/C=C\C/C=C\C/C=C\C/C=C\C/C=C\CCCCCCCC(=O)OCC(COC(=O)CCCCCCC/C=C\CCCCCCCCC)OC(=O)CCCCCC/C=C\C/C=C\C/C=C\C/C=C\CC. The number of carbonyl (C=O) groups is 3. The van der Waals surface area contributed by atoms with E-state index in [1.165, 1.54) is 57.8 Å². The summed E-state index contributed by atoms with van der Waals surface area (Å²) in [7, 11) is 0. The van der Waals surface area contributed by atoms with Crippen LogP contribution in [0.5, 0.6) is 0 Å². The summed E-state index contributed by atoms with van der Waals surface area (Å²) in [5.41, 5.74) is 0. The van der Waals surface area contributed by atoms with Gasteiger partial charge in [0.2, 0.25) is 0 Å². The average Bonchev–Trinajstić information content (AvgIpc) is 3.44. The highest BCUT2D eigenvalue weighted by molar-refractivity contribution is 5.71. The molecule has 0 saturated heterocycles. The highest BCUT2D eigenvalue weighted by Gasteiger charge is 2.19. The van der Waals surface area contributed by atoms with E-state index in [0.29, 0.717) is 12.8 Å². The molecule has 0 aromatic carbocycles. The molecule has 0 bridgehead atoms. The first-order valence-electron chi connectivity index (χ1n) is 31.8. The van der Waals surface area contributed by atoms with Gasteiger partial charge in [-0.25, -0.2) is 0 Å². The van der Waals surface area contributed by atoms with Gasteiger partial charge in [0.15, 0.2) is 6.10 Å². The number of hydrogen-bond donors (Lipinski definition) is 0. The molecular formula is C72H116O6. The predicted octanol–water partition coefficient (Wildman–Crippen LogP) is 21.9. The molecule has 440 valence electrons. The lowest BCUT2D eigenvalue weighted by Crippen LogP contribution is -2.30. The lowest BCUT2D eigenvalue weighted by Gasteiger charge is -2.18. The lowest BCUT2D eigenvalue weighted by molar-refractivity contribution is -0.167. The van der Waals surface area contributed by atoms with Gasteiger partial charge >= 0.3 is 17.9 Å². The second kappa shape index (κ2) is 64.8. The van der Waals surface area contributed by atoms with Gasteiger partial charge in [-0.2, -0.15) is 0 Å². The highest BCUT2D eigenvalue weighted by atomic mass is 16.6. The van der Waals surface area contributed by atoms with Crippen molar-refractivity contribution in [3.8, 4) is 0 Å². The third kappa shape index (κ3) is 62.1. The second-order valence-corrected chi connectivity index (χ2v) is 20.5. The van der Waals surface area contributed by atoms with E-state index in [2.05, 4.69) is 167 Å². The Kier molecular flexibility index (Phi) is 60.9. The molecule has 0 radical (unpaired) electrons. The molecule has 0 aromatic heterocycles. The molecule has 0 fully saturated rings. The summed E-state index contributed by atoms with van der Waals surface area (Å²) >= 11 is 0. The molecule has 0 aromatic rings. The third-order valence-corrected chi connectivity index (χ3v) is 13.1. The van der Waals surface area contributed by atoms with Crippen molar-refractivity contribution in [1.29, 1.82) is 0 Å². The zero-order chi connectivity index (χ0) is 56.4. The van der Waals surface area contributed by atoms with Crippen LogP contribution in [-0.2, 0) is 28.6 Å². The Hall–Kier alpha value is -4.71. The van der Waals surface area contributed by atoms with E-state index in [9.17, 15) is 14.4 Å². The Labute approximate surface area is 480 Å². The maximum Gasteiger partial charge on any atom is 0.306 e. The highest BCUT2D eigenvalue weighted by Crippen LogP contribution is 2.14. The molecule has 0 aliphatic heterocycles. The number of hydrogen-bond acceptors (Lipinski definition) is 6. The van der Waals surface area contributed by atoms with Gasteiger partial charge in [0.25, 0.3) is 0 Å². The van der Waals surface area contributed by atoms with E-state index in [1.54, 1.807) is 0 Å². The number of allylic oxidation sites excluding steroid dienone is 24. The summed E-state index contributed by atoms with van der Waals surface area (Å²) in [6.07, 6.45) is 92.7. The number of unbranched alkanes of at least 4 members (excludes halogenated alkanes) is 21. The Bertz CT molecular complexity index is 1710. The van der Waals surface area contributed by atoms with Crippen LogP contribution in [0.4, 0.5) is 0 Å². The van der Waals surface area contributed by atoms with Crippen LogP contribution in [0.1, 0.15) is 271 Å². The summed E-state index contributed by atoms with van der Waals surface area (Å²) in [5, 5.41) is 0. The fourth-order valence-corrected chi connectivity index (χ4v) is 8.35. The monoisotopic (exact) mass is 1080 g/mol. The van der Waals surface area contributed by atoms with Crippen LogP contribution >= 0.6 is 0 Å². The zero-order valence-corrected chi connectivity index (χ0v) is 50.4. The van der Waals surface area contributed by atoms with Crippen LogP contribution in [0, 0.1) is 0 Å². The van der Waals surface area contributed by atoms with Gasteiger partial charge in [-0.15, -0.1) is 0 Å². The topological polar surface area (TPSA) is 78.9 Å². The Morgan fingerprint density at radius 3 is 0.795 bits per heavy atom. The molecule has 0 amide bonds. The number of esters is 3. The average molecular weight is 1080 g/mol. The molecule has 0 N–H and O–H groups in total. The van der Waals surface area contributed by atoms with Crippen molar-refractivity contribution >= 4 is 17.9 Å². The van der Waals surface area contributed by atoms with Crippen molar-refractivity contribution in [1.82, 2.24) is 0 Å². The molecule has 0 spiro atoms. The van der Waals surface area contributed by atoms with Crippen molar-refractivity contribution in [3.63, 3.8) is 0 Å². The number of carbonyl (C=O) groups excluding carboxylic acids is 3. The molecule has 0 aliphatic rings. The molecular weight excluding hydrogens is 961 g/mol. The molecule has 1 atom stereocenters. The van der Waals surface area contributed by atoms with Crippen LogP contribution in [-0.4, -0.2) is 37.2 Å². The Morgan fingerprint density at radius 2 is 0.500 bits per heavy atom. The van der Waals surface area contributed by atoms with Gasteiger partial charge in [0.05, 0.1) is 0 Å². The molecule has 0 rings (SSSR count). The molecule has 0 heterocycles. The smallest absolute Gasteiger partial charge is 0.306 e. The summed E-state index contributed by atoms with van der Waals surface area (Å²) in [5.74, 6) is -0.955. The van der Waals surface area contributed by atoms with Crippen LogP contribution in [0.2, 0.25) is 0 Å². The molecule has 6 heteroatoms. The molecule has 0 aliphatic carbocycles. The molecule has 1 unspecified atom stereocenters. The fraction of sp³-hybridized carbons (Fsp3) is 0.625. The van der Waals surface area contributed by atoms with E-state index < -0.39 is 6.10 Å². The first-order chi connectivity index (χ1) is 38.5. The van der Waals surface area contributed by atoms with Gasteiger partial charge in [0.1, 0.15) is 13.2 Å². The summed E-state index contributed by atoms with van der Waals surface area (Å²) in [6, 6.07) is 0. The second-order valence-electron chi connectivity index (χ2n) is 20.5. The van der Waals surface area contributed by atoms with E-state index in [1.807, 2.05) is 0 Å². The van der Waals surface area contributed by atoms with Crippen molar-refractivity contribution in [3.05, 3.63) is 146 Å². The summed E-state index contributed by atoms with van der Waals surface area (Å²) in [6.45, 7) is 6.37.